The van der Waals surface area contributed by atoms with Crippen molar-refractivity contribution in [2.45, 2.75) is 20.3 Å². The molecule has 0 unspecified atom stereocenters. The van der Waals surface area contributed by atoms with E-state index in [9.17, 15) is 14.0 Å². The summed E-state index contributed by atoms with van der Waals surface area (Å²) in [4.78, 5) is 36.9. The molecule has 0 spiro atoms. The highest BCUT2D eigenvalue weighted by molar-refractivity contribution is 6.17. The van der Waals surface area contributed by atoms with Crippen LogP contribution in [-0.2, 0) is 4.74 Å². The number of ether oxygens (including phenoxy) is 1. The van der Waals surface area contributed by atoms with Gasteiger partial charge in [0, 0.05) is 36.4 Å². The van der Waals surface area contributed by atoms with Crippen LogP contribution in [0.1, 0.15) is 28.6 Å². The van der Waals surface area contributed by atoms with Crippen molar-refractivity contribution < 1.29 is 23.1 Å². The van der Waals surface area contributed by atoms with Crippen LogP contribution in [0.5, 0.6) is 0 Å². The summed E-state index contributed by atoms with van der Waals surface area (Å²) in [5.74, 6) is 0.103. The number of alkyl halides is 1. The molecule has 3 aromatic heterocycles. The number of hydrogen-bond acceptors (Lipinski definition) is 7. The first kappa shape index (κ1) is 23.2. The lowest BCUT2D eigenvalue weighted by Crippen LogP contribution is -2.15. The molecule has 34 heavy (non-hydrogen) atoms. The first-order valence-electron chi connectivity index (χ1n) is 10.2. The summed E-state index contributed by atoms with van der Waals surface area (Å²) in [6.45, 7) is 3.50. The molecular formula is C22H20ClFN6O4. The number of fused-ring (bicyclic) bond motifs is 1. The number of aromatic nitrogens is 4. The van der Waals surface area contributed by atoms with Gasteiger partial charge in [0.15, 0.2) is 5.89 Å². The number of anilines is 2. The number of rotatable bonds is 7. The molecular weight excluding hydrogens is 467 g/mol. The van der Waals surface area contributed by atoms with Gasteiger partial charge in [-0.3, -0.25) is 14.5 Å². The second-order valence-corrected chi connectivity index (χ2v) is 7.65. The number of oxazole rings is 1. The van der Waals surface area contributed by atoms with E-state index in [0.717, 1.165) is 0 Å². The molecule has 2 N–H and O–H groups in total. The summed E-state index contributed by atoms with van der Waals surface area (Å²) < 4.78 is 26.5. The summed E-state index contributed by atoms with van der Waals surface area (Å²) in [5, 5.41) is 5.23. The quantitative estimate of drug-likeness (QED) is 0.289. The molecule has 0 aliphatic rings. The highest BCUT2D eigenvalue weighted by atomic mass is 35.5. The van der Waals surface area contributed by atoms with Crippen molar-refractivity contribution >= 4 is 40.8 Å². The molecule has 176 valence electrons. The predicted molar refractivity (Wildman–Crippen MR) is 123 cm³/mol. The van der Waals surface area contributed by atoms with Crippen LogP contribution in [0.2, 0.25) is 0 Å². The number of nitrogens with zero attached hydrogens (tertiary/aromatic N) is 4. The van der Waals surface area contributed by atoms with Crippen LogP contribution in [0.3, 0.4) is 0 Å². The maximum Gasteiger partial charge on any atom is 0.411 e. The van der Waals surface area contributed by atoms with Gasteiger partial charge in [-0.2, -0.15) is 0 Å². The van der Waals surface area contributed by atoms with Crippen molar-refractivity contribution in [3.05, 3.63) is 60.0 Å². The minimum Gasteiger partial charge on any atom is -0.449 e. The molecule has 1 aromatic carbocycles. The highest BCUT2D eigenvalue weighted by Crippen LogP contribution is 2.26. The Morgan fingerprint density at radius 3 is 2.74 bits per heavy atom. The van der Waals surface area contributed by atoms with Crippen LogP contribution < -0.4 is 10.6 Å². The fourth-order valence-corrected chi connectivity index (χ4v) is 3.29. The van der Waals surface area contributed by atoms with Gasteiger partial charge in [-0.15, -0.1) is 11.6 Å². The Kier molecular flexibility index (Phi) is 6.73. The average Bonchev–Trinajstić information content (AvgIpc) is 3.37. The summed E-state index contributed by atoms with van der Waals surface area (Å²) in [7, 11) is 0. The molecule has 0 saturated carbocycles. The first-order valence-corrected chi connectivity index (χ1v) is 10.8. The maximum atomic E-state index is 14.6. The Bertz CT molecular complexity index is 1370. The molecule has 3 heterocycles. The molecule has 0 fully saturated rings. The van der Waals surface area contributed by atoms with E-state index in [1.165, 1.54) is 28.8 Å². The molecule has 12 heteroatoms. The minimum atomic E-state index is -0.640. The number of hydrogen-bond donors (Lipinski definition) is 2. The lowest BCUT2D eigenvalue weighted by atomic mass is 10.1. The van der Waals surface area contributed by atoms with Gasteiger partial charge < -0.3 is 14.5 Å². The Labute approximate surface area is 198 Å². The predicted octanol–water partition coefficient (Wildman–Crippen LogP) is 4.57. The topological polar surface area (TPSA) is 124 Å². The van der Waals surface area contributed by atoms with Gasteiger partial charge in [0.05, 0.1) is 29.9 Å². The van der Waals surface area contributed by atoms with Crippen LogP contribution in [0.15, 0.2) is 41.2 Å². The van der Waals surface area contributed by atoms with Crippen molar-refractivity contribution in [3.63, 3.8) is 0 Å². The van der Waals surface area contributed by atoms with E-state index in [4.69, 9.17) is 20.8 Å². The summed E-state index contributed by atoms with van der Waals surface area (Å²) in [6.07, 6.45) is 4.43. The van der Waals surface area contributed by atoms with Gasteiger partial charge in [0.1, 0.15) is 5.82 Å². The number of halogens is 2. The van der Waals surface area contributed by atoms with Gasteiger partial charge in [0.2, 0.25) is 11.5 Å². The van der Waals surface area contributed by atoms with Crippen molar-refractivity contribution in [2.75, 3.05) is 23.1 Å². The number of carbonyl (C=O) groups is 2. The average molecular weight is 487 g/mol. The highest BCUT2D eigenvalue weighted by Gasteiger charge is 2.18. The number of nitrogens with one attached hydrogen (secondary N) is 2. The van der Waals surface area contributed by atoms with Crippen molar-refractivity contribution in [3.8, 4) is 11.3 Å². The number of imidazole rings is 1. The number of amides is 2. The van der Waals surface area contributed by atoms with Gasteiger partial charge in [-0.1, -0.05) is 0 Å². The van der Waals surface area contributed by atoms with Crippen LogP contribution in [0, 0.1) is 19.7 Å². The van der Waals surface area contributed by atoms with E-state index in [1.807, 2.05) is 0 Å². The fraction of sp³-hybridized carbons (Fsp3) is 0.227. The minimum absolute atomic E-state index is 0.0847. The SMILES string of the molecule is Cc1nc(C)c(C(=O)Nc2ccc(F)c(-c3cn4cc(NC(=O)OCCCCl)cnc4n3)c2)o1. The van der Waals surface area contributed by atoms with E-state index in [2.05, 4.69) is 25.6 Å². The fourth-order valence-electron chi connectivity index (χ4n) is 3.18. The Balaban J connectivity index is 1.54. The van der Waals surface area contributed by atoms with E-state index in [-0.39, 0.29) is 29.4 Å². The van der Waals surface area contributed by atoms with Gasteiger partial charge >= 0.3 is 6.09 Å². The Morgan fingerprint density at radius 1 is 1.18 bits per heavy atom. The van der Waals surface area contributed by atoms with Crippen LogP contribution in [-0.4, -0.2) is 43.8 Å². The molecule has 0 atom stereocenters. The number of carbonyl (C=O) groups excluding carboxylic acids is 2. The molecule has 0 radical (unpaired) electrons. The molecule has 0 aliphatic carbocycles. The second-order valence-electron chi connectivity index (χ2n) is 7.28. The van der Waals surface area contributed by atoms with E-state index < -0.39 is 17.8 Å². The zero-order valence-corrected chi connectivity index (χ0v) is 19.0. The molecule has 0 bridgehead atoms. The van der Waals surface area contributed by atoms with E-state index >= 15 is 0 Å². The van der Waals surface area contributed by atoms with Gasteiger partial charge in [0.25, 0.3) is 5.91 Å². The first-order chi connectivity index (χ1) is 16.3. The van der Waals surface area contributed by atoms with Crippen molar-refractivity contribution in [1.29, 1.82) is 0 Å². The molecule has 4 rings (SSSR count). The summed E-state index contributed by atoms with van der Waals surface area (Å²) in [6, 6.07) is 4.12. The lowest BCUT2D eigenvalue weighted by molar-refractivity contribution is 0.0994. The number of aryl methyl sites for hydroxylation is 2. The molecule has 0 aliphatic heterocycles. The van der Waals surface area contributed by atoms with Crippen LogP contribution in [0.4, 0.5) is 20.6 Å². The monoisotopic (exact) mass is 486 g/mol. The summed E-state index contributed by atoms with van der Waals surface area (Å²) in [5.41, 5.74) is 1.61. The third-order valence-electron chi connectivity index (χ3n) is 4.68. The molecule has 0 saturated heterocycles. The molecule has 4 aromatic rings. The Morgan fingerprint density at radius 2 is 2.00 bits per heavy atom. The molecule has 10 nitrogen and oxygen atoms in total. The van der Waals surface area contributed by atoms with Crippen LogP contribution in [0.25, 0.3) is 17.0 Å². The van der Waals surface area contributed by atoms with Gasteiger partial charge in [-0.25, -0.2) is 24.1 Å². The zero-order chi connectivity index (χ0) is 24.2. The zero-order valence-electron chi connectivity index (χ0n) is 18.3. The number of benzene rings is 1. The van der Waals surface area contributed by atoms with Crippen molar-refractivity contribution in [2.24, 2.45) is 0 Å². The van der Waals surface area contributed by atoms with Crippen molar-refractivity contribution in [1.82, 2.24) is 19.4 Å². The van der Waals surface area contributed by atoms with Gasteiger partial charge in [-0.05, 0) is 31.5 Å². The largest absolute Gasteiger partial charge is 0.449 e. The third kappa shape index (κ3) is 5.15. The third-order valence-corrected chi connectivity index (χ3v) is 4.94. The van der Waals surface area contributed by atoms with E-state index in [0.29, 0.717) is 35.3 Å². The molecule has 2 amide bonds. The smallest absolute Gasteiger partial charge is 0.411 e. The van der Waals surface area contributed by atoms with E-state index in [1.54, 1.807) is 26.2 Å². The standard InChI is InChI=1S/C22H20ClFN6O4/c1-12-19(34-13(2)26-12)20(31)27-14-4-5-17(24)16(8-14)18-11-30-10-15(9-25-21(30)29-18)28-22(32)33-7-3-6-23/h4-5,8-11H,3,6-7H2,1-2H3,(H,27,31)(H,28,32). The van der Waals surface area contributed by atoms with Crippen LogP contribution >= 0.6 is 11.6 Å². The Hall–Kier alpha value is -3.99. The summed E-state index contributed by atoms with van der Waals surface area (Å²) >= 11 is 5.56. The maximum absolute atomic E-state index is 14.6. The lowest BCUT2D eigenvalue weighted by Gasteiger charge is -2.06. The second kappa shape index (κ2) is 9.87. The normalized spacial score (nSPS) is 10.9.